The minimum Gasteiger partial charge on any atom is -0.455 e. The molecule has 9 rings (SSSR count). The largest absolute Gasteiger partial charge is 0.455 e. The average Bonchev–Trinajstić information content (AvgIpc) is 3.55. The highest BCUT2D eigenvalue weighted by molar-refractivity contribution is 6.24. The smallest absolute Gasteiger partial charge is 0.143 e. The Bertz CT molecular complexity index is 2370. The molecule has 7 aromatic carbocycles. The number of hydrogen-bond acceptors (Lipinski definition) is 1. The number of rotatable bonds is 2. The second kappa shape index (κ2) is 8.08. The summed E-state index contributed by atoms with van der Waals surface area (Å²) in [6.07, 6.45) is 0. The van der Waals surface area contributed by atoms with Gasteiger partial charge in [-0.1, -0.05) is 97.1 Å². The third kappa shape index (κ3) is 2.99. The highest BCUT2D eigenvalue weighted by Gasteiger charge is 2.17. The number of hydrogen-bond donors (Lipinski definition) is 0. The van der Waals surface area contributed by atoms with Crippen molar-refractivity contribution < 1.29 is 4.42 Å². The zero-order valence-electron chi connectivity index (χ0n) is 21.6. The van der Waals surface area contributed by atoms with E-state index in [9.17, 15) is 0 Å². The molecule has 186 valence electrons. The first-order chi connectivity index (χ1) is 19.8. The molecule has 2 aromatic heterocycles. The predicted molar refractivity (Wildman–Crippen MR) is 169 cm³/mol. The van der Waals surface area contributed by atoms with Crippen molar-refractivity contribution in [2.24, 2.45) is 0 Å². The predicted octanol–water partition coefficient (Wildman–Crippen LogP) is 10.7. The van der Waals surface area contributed by atoms with Crippen LogP contribution in [-0.2, 0) is 0 Å². The lowest BCUT2D eigenvalue weighted by Gasteiger charge is -2.11. The van der Waals surface area contributed by atoms with E-state index < -0.39 is 0 Å². The number of fused-ring (bicyclic) bond motifs is 9. The summed E-state index contributed by atoms with van der Waals surface area (Å²) in [6, 6.07) is 50.0. The van der Waals surface area contributed by atoms with Crippen molar-refractivity contribution in [2.45, 2.75) is 0 Å². The Hall–Kier alpha value is -5.34. The first kappa shape index (κ1) is 21.6. The van der Waals surface area contributed by atoms with Crippen molar-refractivity contribution in [2.75, 3.05) is 0 Å². The molecule has 0 saturated heterocycles. The molecule has 0 aliphatic carbocycles. The second-order valence-electron chi connectivity index (χ2n) is 10.6. The van der Waals surface area contributed by atoms with Crippen molar-refractivity contribution >= 4 is 65.3 Å². The molecule has 0 spiro atoms. The SMILES string of the molecule is c1ccc2cc3c(cc2c1)oc1c(-c2ccc(-n4c5ccccc5c5ccccc54)cc2)cc2ccccc2c13. The molecule has 40 heavy (non-hydrogen) atoms. The lowest BCUT2D eigenvalue weighted by atomic mass is 9.95. The molecular formula is C38H23NO. The van der Waals surface area contributed by atoms with E-state index in [2.05, 4.69) is 144 Å². The Morgan fingerprint density at radius 3 is 1.73 bits per heavy atom. The zero-order chi connectivity index (χ0) is 26.2. The van der Waals surface area contributed by atoms with Crippen LogP contribution in [0.5, 0.6) is 0 Å². The summed E-state index contributed by atoms with van der Waals surface area (Å²) < 4.78 is 9.03. The molecule has 0 aliphatic rings. The highest BCUT2D eigenvalue weighted by atomic mass is 16.3. The van der Waals surface area contributed by atoms with Crippen LogP contribution in [0.1, 0.15) is 0 Å². The molecule has 2 heterocycles. The Morgan fingerprint density at radius 1 is 0.450 bits per heavy atom. The second-order valence-corrected chi connectivity index (χ2v) is 10.6. The summed E-state index contributed by atoms with van der Waals surface area (Å²) in [6.45, 7) is 0. The van der Waals surface area contributed by atoms with Gasteiger partial charge in [0.2, 0.25) is 0 Å². The van der Waals surface area contributed by atoms with Gasteiger partial charge in [0.25, 0.3) is 0 Å². The summed E-state index contributed by atoms with van der Waals surface area (Å²) in [4.78, 5) is 0. The topological polar surface area (TPSA) is 18.1 Å². The molecule has 0 saturated carbocycles. The maximum Gasteiger partial charge on any atom is 0.143 e. The van der Waals surface area contributed by atoms with Crippen molar-refractivity contribution in [1.29, 1.82) is 0 Å². The van der Waals surface area contributed by atoms with Crippen LogP contribution in [-0.4, -0.2) is 4.57 Å². The van der Waals surface area contributed by atoms with Gasteiger partial charge in [-0.05, 0) is 69.6 Å². The quantitative estimate of drug-likeness (QED) is 0.227. The van der Waals surface area contributed by atoms with Crippen LogP contribution in [0.2, 0.25) is 0 Å². The molecule has 9 aromatic rings. The van der Waals surface area contributed by atoms with Gasteiger partial charge in [0.1, 0.15) is 11.2 Å². The van der Waals surface area contributed by atoms with Crippen LogP contribution >= 0.6 is 0 Å². The molecular weight excluding hydrogens is 486 g/mol. The Labute approximate surface area is 230 Å². The molecule has 0 N–H and O–H groups in total. The molecule has 0 fully saturated rings. The van der Waals surface area contributed by atoms with E-state index in [1.54, 1.807) is 0 Å². The standard InChI is InChI=1S/C38H23NO/c1-2-10-26-23-36-33(21-25(26)9-1)37-29-12-4-3-11-27(29)22-32(38(37)40-36)24-17-19-28(20-18-24)39-34-15-7-5-13-30(34)31-14-6-8-16-35(31)39/h1-23H. The molecule has 0 atom stereocenters. The van der Waals surface area contributed by atoms with E-state index in [4.69, 9.17) is 4.42 Å². The van der Waals surface area contributed by atoms with Crippen LogP contribution in [0.25, 0.3) is 82.1 Å². The highest BCUT2D eigenvalue weighted by Crippen LogP contribution is 2.42. The fourth-order valence-corrected chi connectivity index (χ4v) is 6.52. The van der Waals surface area contributed by atoms with E-state index in [1.165, 1.54) is 48.7 Å². The Balaban J connectivity index is 1.29. The summed E-state index contributed by atoms with van der Waals surface area (Å²) in [7, 11) is 0. The normalized spacial score (nSPS) is 12.0. The van der Waals surface area contributed by atoms with Crippen molar-refractivity contribution in [3.05, 3.63) is 140 Å². The lowest BCUT2D eigenvalue weighted by Crippen LogP contribution is -1.93. The summed E-state index contributed by atoms with van der Waals surface area (Å²) in [5.74, 6) is 0. The van der Waals surface area contributed by atoms with Crippen LogP contribution in [0.3, 0.4) is 0 Å². The minimum absolute atomic E-state index is 0.924. The summed E-state index contributed by atoms with van der Waals surface area (Å²) >= 11 is 0. The van der Waals surface area contributed by atoms with Gasteiger partial charge < -0.3 is 8.98 Å². The molecule has 2 nitrogen and oxygen atoms in total. The van der Waals surface area contributed by atoms with Crippen LogP contribution in [0.15, 0.2) is 144 Å². The van der Waals surface area contributed by atoms with Crippen LogP contribution in [0, 0.1) is 0 Å². The monoisotopic (exact) mass is 509 g/mol. The van der Waals surface area contributed by atoms with Gasteiger partial charge in [0.15, 0.2) is 0 Å². The number of furan rings is 1. The molecule has 0 amide bonds. The molecule has 2 heteroatoms. The fourth-order valence-electron chi connectivity index (χ4n) is 6.52. The molecule has 0 radical (unpaired) electrons. The lowest BCUT2D eigenvalue weighted by molar-refractivity contribution is 0.671. The van der Waals surface area contributed by atoms with Crippen molar-refractivity contribution in [1.82, 2.24) is 4.57 Å². The maximum absolute atomic E-state index is 6.67. The van der Waals surface area contributed by atoms with Crippen LogP contribution in [0.4, 0.5) is 0 Å². The van der Waals surface area contributed by atoms with E-state index in [0.29, 0.717) is 0 Å². The maximum atomic E-state index is 6.67. The zero-order valence-corrected chi connectivity index (χ0v) is 21.6. The molecule has 0 bridgehead atoms. The number of aromatic nitrogens is 1. The van der Waals surface area contributed by atoms with Gasteiger partial charge in [0.05, 0.1) is 11.0 Å². The first-order valence-electron chi connectivity index (χ1n) is 13.7. The van der Waals surface area contributed by atoms with E-state index >= 15 is 0 Å². The van der Waals surface area contributed by atoms with Crippen molar-refractivity contribution in [3.63, 3.8) is 0 Å². The van der Waals surface area contributed by atoms with Gasteiger partial charge in [0, 0.05) is 32.8 Å². The number of benzene rings is 7. The van der Waals surface area contributed by atoms with Crippen LogP contribution < -0.4 is 0 Å². The minimum atomic E-state index is 0.924. The fraction of sp³-hybridized carbons (Fsp3) is 0. The Kier molecular flexibility index (Phi) is 4.36. The molecule has 0 aliphatic heterocycles. The first-order valence-corrected chi connectivity index (χ1v) is 13.7. The van der Waals surface area contributed by atoms with Gasteiger partial charge in [-0.3, -0.25) is 0 Å². The van der Waals surface area contributed by atoms with Crippen molar-refractivity contribution in [3.8, 4) is 16.8 Å². The van der Waals surface area contributed by atoms with Gasteiger partial charge in [-0.2, -0.15) is 0 Å². The molecule has 0 unspecified atom stereocenters. The number of para-hydroxylation sites is 2. The number of nitrogens with zero attached hydrogens (tertiary/aromatic N) is 1. The average molecular weight is 510 g/mol. The Morgan fingerprint density at radius 2 is 1.02 bits per heavy atom. The third-order valence-electron chi connectivity index (χ3n) is 8.35. The summed E-state index contributed by atoms with van der Waals surface area (Å²) in [5, 5.41) is 9.73. The van der Waals surface area contributed by atoms with Gasteiger partial charge >= 0.3 is 0 Å². The third-order valence-corrected chi connectivity index (χ3v) is 8.35. The van der Waals surface area contributed by atoms with E-state index in [0.717, 1.165) is 33.4 Å². The van der Waals surface area contributed by atoms with E-state index in [-0.39, 0.29) is 0 Å². The van der Waals surface area contributed by atoms with Gasteiger partial charge in [-0.25, -0.2) is 0 Å². The van der Waals surface area contributed by atoms with Gasteiger partial charge in [-0.15, -0.1) is 0 Å². The summed E-state index contributed by atoms with van der Waals surface area (Å²) in [5.41, 5.74) is 7.70. The van der Waals surface area contributed by atoms with E-state index in [1.807, 2.05) is 0 Å².